The molecule has 0 saturated carbocycles. The fraction of sp³-hybridized carbons (Fsp3) is 0.308. The summed E-state index contributed by atoms with van der Waals surface area (Å²) < 4.78 is 6.70. The summed E-state index contributed by atoms with van der Waals surface area (Å²) in [5, 5.41) is 10.5. The summed E-state index contributed by atoms with van der Waals surface area (Å²) in [6, 6.07) is 8.85. The van der Waals surface area contributed by atoms with Crippen molar-refractivity contribution in [3.63, 3.8) is 0 Å². The second kappa shape index (κ2) is 6.76. The van der Waals surface area contributed by atoms with E-state index in [9.17, 15) is 9.90 Å². The smallest absolute Gasteiger partial charge is 0.343 e. The molecule has 0 unspecified atom stereocenters. The molecule has 0 aliphatic carbocycles. The molecule has 1 aromatic rings. The number of rotatable bonds is 5. The van der Waals surface area contributed by atoms with Gasteiger partial charge in [-0.2, -0.15) is 0 Å². The number of ether oxygens (including phenoxy) is 1. The van der Waals surface area contributed by atoms with E-state index in [1.807, 2.05) is 28.7 Å². The van der Waals surface area contributed by atoms with Crippen molar-refractivity contribution in [3.8, 4) is 0 Å². The van der Waals surface area contributed by atoms with Crippen molar-refractivity contribution in [2.75, 3.05) is 6.61 Å². The van der Waals surface area contributed by atoms with Gasteiger partial charge in [0.2, 0.25) is 0 Å². The third kappa shape index (κ3) is 3.54. The minimum atomic E-state index is -1.60. The molecule has 0 aromatic heterocycles. The maximum absolute atomic E-state index is 11.9. The van der Waals surface area contributed by atoms with Gasteiger partial charge in [0.15, 0.2) is 5.60 Å². The number of esters is 1. The Morgan fingerprint density at radius 2 is 2.12 bits per heavy atom. The summed E-state index contributed by atoms with van der Waals surface area (Å²) in [6.07, 6.45) is 1.95. The van der Waals surface area contributed by atoms with E-state index >= 15 is 0 Å². The number of carbonyl (C=O) groups is 1. The van der Waals surface area contributed by atoms with Crippen LogP contribution in [-0.4, -0.2) is 17.7 Å². The number of halogens is 1. The second-order valence-electron chi connectivity index (χ2n) is 3.51. The molecule has 1 atom stereocenters. The predicted octanol–water partition coefficient (Wildman–Crippen LogP) is 2.78. The van der Waals surface area contributed by atoms with Crippen LogP contribution in [0.4, 0.5) is 0 Å². The van der Waals surface area contributed by atoms with E-state index in [-0.39, 0.29) is 13.0 Å². The predicted molar refractivity (Wildman–Crippen MR) is 74.7 cm³/mol. The van der Waals surface area contributed by atoms with Gasteiger partial charge >= 0.3 is 5.97 Å². The van der Waals surface area contributed by atoms with Gasteiger partial charge in [-0.1, -0.05) is 59.0 Å². The molecule has 0 saturated heterocycles. The summed E-state index contributed by atoms with van der Waals surface area (Å²) >= 11 is 2.05. The van der Waals surface area contributed by atoms with Crippen molar-refractivity contribution in [2.24, 2.45) is 0 Å². The molecule has 0 bridgehead atoms. The quantitative estimate of drug-likeness (QED) is 0.659. The standard InChI is InChI=1S/C13H15IO3/c1-2-17-12(15)13(16,9-6-10-14)11-7-4-3-5-8-11/h3-8,10,16H,2,9H2,1H3/b10-6-/t13-/m1/s1. The first-order valence-electron chi connectivity index (χ1n) is 5.35. The van der Waals surface area contributed by atoms with Crippen molar-refractivity contribution >= 4 is 28.6 Å². The van der Waals surface area contributed by atoms with Gasteiger partial charge in [-0.25, -0.2) is 4.79 Å². The monoisotopic (exact) mass is 346 g/mol. The molecule has 0 fully saturated rings. The van der Waals surface area contributed by atoms with Crippen LogP contribution in [0, 0.1) is 0 Å². The number of carbonyl (C=O) groups excluding carboxylic acids is 1. The summed E-state index contributed by atoms with van der Waals surface area (Å²) in [5.74, 6) is -0.610. The molecular formula is C13H15IO3. The number of hydrogen-bond donors (Lipinski definition) is 1. The number of benzene rings is 1. The van der Waals surface area contributed by atoms with Crippen molar-refractivity contribution in [2.45, 2.75) is 18.9 Å². The Morgan fingerprint density at radius 1 is 1.47 bits per heavy atom. The van der Waals surface area contributed by atoms with Gasteiger partial charge in [-0.3, -0.25) is 0 Å². The topological polar surface area (TPSA) is 46.5 Å². The SMILES string of the molecule is CCOC(=O)[C@@](O)(C/C=C\I)c1ccccc1. The zero-order valence-electron chi connectivity index (χ0n) is 9.60. The molecule has 0 aliphatic rings. The van der Waals surface area contributed by atoms with Gasteiger partial charge in [0.05, 0.1) is 6.61 Å². The Morgan fingerprint density at radius 3 is 2.65 bits per heavy atom. The lowest BCUT2D eigenvalue weighted by Crippen LogP contribution is -2.37. The first-order chi connectivity index (χ1) is 8.15. The molecule has 92 valence electrons. The van der Waals surface area contributed by atoms with Crippen molar-refractivity contribution in [3.05, 3.63) is 46.1 Å². The first-order valence-corrected chi connectivity index (χ1v) is 6.60. The van der Waals surface area contributed by atoms with E-state index in [1.165, 1.54) is 0 Å². The van der Waals surface area contributed by atoms with Crippen LogP contribution in [0.5, 0.6) is 0 Å². The highest BCUT2D eigenvalue weighted by Crippen LogP contribution is 2.27. The highest BCUT2D eigenvalue weighted by molar-refractivity contribution is 14.1. The van der Waals surface area contributed by atoms with Crippen LogP contribution in [0.2, 0.25) is 0 Å². The van der Waals surface area contributed by atoms with Gasteiger partial charge in [-0.15, -0.1) is 0 Å². The molecular weight excluding hydrogens is 331 g/mol. The van der Waals surface area contributed by atoms with Crippen LogP contribution in [0.15, 0.2) is 40.5 Å². The van der Waals surface area contributed by atoms with Gasteiger partial charge < -0.3 is 9.84 Å². The Balaban J connectivity index is 3.05. The largest absolute Gasteiger partial charge is 0.464 e. The molecule has 0 spiro atoms. The highest BCUT2D eigenvalue weighted by Gasteiger charge is 2.38. The third-order valence-electron chi connectivity index (χ3n) is 2.37. The molecule has 0 aliphatic heterocycles. The second-order valence-corrected chi connectivity index (χ2v) is 4.23. The van der Waals surface area contributed by atoms with Crippen molar-refractivity contribution in [1.29, 1.82) is 0 Å². The number of hydrogen-bond acceptors (Lipinski definition) is 3. The molecule has 4 heteroatoms. The van der Waals surface area contributed by atoms with E-state index in [0.717, 1.165) is 0 Å². The van der Waals surface area contributed by atoms with E-state index in [2.05, 4.69) is 0 Å². The van der Waals surface area contributed by atoms with Gasteiger partial charge in [0, 0.05) is 6.42 Å². The molecule has 1 aromatic carbocycles. The fourth-order valence-corrected chi connectivity index (χ4v) is 1.75. The Bertz CT molecular complexity index is 389. The molecule has 1 rings (SSSR count). The summed E-state index contributed by atoms with van der Waals surface area (Å²) in [5.41, 5.74) is -1.05. The average Bonchev–Trinajstić information content (AvgIpc) is 2.37. The highest BCUT2D eigenvalue weighted by atomic mass is 127. The van der Waals surface area contributed by atoms with Crippen molar-refractivity contribution in [1.82, 2.24) is 0 Å². The van der Waals surface area contributed by atoms with Crippen LogP contribution >= 0.6 is 22.6 Å². The maximum Gasteiger partial charge on any atom is 0.343 e. The van der Waals surface area contributed by atoms with Crippen LogP contribution in [0.25, 0.3) is 0 Å². The van der Waals surface area contributed by atoms with Gasteiger partial charge in [0.1, 0.15) is 0 Å². The maximum atomic E-state index is 11.9. The first kappa shape index (κ1) is 14.2. The van der Waals surface area contributed by atoms with E-state index < -0.39 is 11.6 Å². The minimum Gasteiger partial charge on any atom is -0.464 e. The Labute approximate surface area is 115 Å². The Kier molecular flexibility index (Phi) is 5.64. The van der Waals surface area contributed by atoms with Crippen LogP contribution < -0.4 is 0 Å². The zero-order valence-corrected chi connectivity index (χ0v) is 11.8. The molecule has 17 heavy (non-hydrogen) atoms. The lowest BCUT2D eigenvalue weighted by Gasteiger charge is -2.24. The lowest BCUT2D eigenvalue weighted by atomic mass is 9.90. The molecule has 0 heterocycles. The summed E-state index contributed by atoms with van der Waals surface area (Å²) in [6.45, 7) is 1.97. The molecule has 0 amide bonds. The van der Waals surface area contributed by atoms with Gasteiger partial charge in [-0.05, 0) is 16.6 Å². The summed E-state index contributed by atoms with van der Waals surface area (Å²) in [7, 11) is 0. The van der Waals surface area contributed by atoms with Crippen LogP contribution in [-0.2, 0) is 15.1 Å². The fourth-order valence-electron chi connectivity index (χ4n) is 1.50. The zero-order chi connectivity index (χ0) is 12.7. The molecule has 1 N–H and O–H groups in total. The molecule has 3 nitrogen and oxygen atoms in total. The average molecular weight is 346 g/mol. The Hall–Kier alpha value is -0.880. The van der Waals surface area contributed by atoms with Crippen molar-refractivity contribution < 1.29 is 14.6 Å². The van der Waals surface area contributed by atoms with E-state index in [1.54, 1.807) is 41.3 Å². The van der Waals surface area contributed by atoms with Gasteiger partial charge in [0.25, 0.3) is 0 Å². The van der Waals surface area contributed by atoms with Crippen LogP contribution in [0.3, 0.4) is 0 Å². The number of aliphatic hydroxyl groups is 1. The van der Waals surface area contributed by atoms with Crippen LogP contribution in [0.1, 0.15) is 18.9 Å². The lowest BCUT2D eigenvalue weighted by molar-refractivity contribution is -0.166. The van der Waals surface area contributed by atoms with E-state index in [0.29, 0.717) is 5.56 Å². The summed E-state index contributed by atoms with van der Waals surface area (Å²) in [4.78, 5) is 11.9. The minimum absolute atomic E-state index is 0.207. The van der Waals surface area contributed by atoms with E-state index in [4.69, 9.17) is 4.74 Å². The third-order valence-corrected chi connectivity index (χ3v) is 2.88. The molecule has 0 radical (unpaired) electrons. The normalized spacial score (nSPS) is 14.5.